The van der Waals surface area contributed by atoms with Gasteiger partial charge in [0.15, 0.2) is 5.65 Å². The van der Waals surface area contributed by atoms with Crippen LogP contribution in [0, 0.1) is 0 Å². The van der Waals surface area contributed by atoms with Crippen molar-refractivity contribution in [2.24, 2.45) is 0 Å². The van der Waals surface area contributed by atoms with E-state index in [0.717, 1.165) is 0 Å². The van der Waals surface area contributed by atoms with Gasteiger partial charge in [0.05, 0.1) is 6.20 Å². The lowest BCUT2D eigenvalue weighted by Gasteiger charge is -2.11. The number of nitrogens with one attached hydrogen (secondary N) is 1. The summed E-state index contributed by atoms with van der Waals surface area (Å²) in [7, 11) is 0. The molecule has 0 radical (unpaired) electrons. The van der Waals surface area contributed by atoms with Crippen molar-refractivity contribution in [3.05, 3.63) is 30.2 Å². The first-order valence-corrected chi connectivity index (χ1v) is 5.45. The average molecular weight is 248 g/mol. The second-order valence-electron chi connectivity index (χ2n) is 3.72. The minimum atomic E-state index is -1.06. The van der Waals surface area contributed by atoms with Crippen LogP contribution in [0.1, 0.15) is 23.7 Å². The Bertz CT molecular complexity index is 593. The fourth-order valence-electron chi connectivity index (χ4n) is 1.56. The number of fused-ring (bicyclic) bond motifs is 1. The number of aromatic nitrogens is 3. The van der Waals surface area contributed by atoms with Crippen molar-refractivity contribution in [3.63, 3.8) is 0 Å². The van der Waals surface area contributed by atoms with Gasteiger partial charge in [0.1, 0.15) is 11.6 Å². The summed E-state index contributed by atoms with van der Waals surface area (Å²) in [5, 5.41) is 15.3. The molecule has 1 unspecified atom stereocenters. The number of carboxylic acids is 1. The molecule has 94 valence electrons. The van der Waals surface area contributed by atoms with Crippen LogP contribution in [0.15, 0.2) is 24.7 Å². The van der Waals surface area contributed by atoms with Gasteiger partial charge in [-0.25, -0.2) is 14.3 Å². The molecule has 2 heterocycles. The first-order valence-electron chi connectivity index (χ1n) is 5.45. The SMILES string of the molecule is CCC(NC(=O)c1cnn2cccnc12)C(=O)O. The van der Waals surface area contributed by atoms with Gasteiger partial charge in [-0.15, -0.1) is 0 Å². The van der Waals surface area contributed by atoms with E-state index in [1.54, 1.807) is 25.4 Å². The zero-order chi connectivity index (χ0) is 13.1. The zero-order valence-electron chi connectivity index (χ0n) is 9.70. The van der Waals surface area contributed by atoms with E-state index in [1.165, 1.54) is 10.7 Å². The second kappa shape index (κ2) is 4.82. The molecule has 1 atom stereocenters. The smallest absolute Gasteiger partial charge is 0.326 e. The van der Waals surface area contributed by atoms with Gasteiger partial charge in [0, 0.05) is 12.4 Å². The molecular formula is C11H12N4O3. The van der Waals surface area contributed by atoms with Crippen molar-refractivity contribution >= 4 is 17.5 Å². The van der Waals surface area contributed by atoms with Crippen LogP contribution in [-0.4, -0.2) is 37.6 Å². The number of carbonyl (C=O) groups is 2. The number of rotatable bonds is 4. The van der Waals surface area contributed by atoms with E-state index < -0.39 is 17.9 Å². The van der Waals surface area contributed by atoms with Crippen molar-refractivity contribution in [1.29, 1.82) is 0 Å². The lowest BCUT2D eigenvalue weighted by molar-refractivity contribution is -0.139. The second-order valence-corrected chi connectivity index (χ2v) is 3.72. The maximum absolute atomic E-state index is 11.9. The highest BCUT2D eigenvalue weighted by Crippen LogP contribution is 2.07. The number of amides is 1. The number of carboxylic acid groups (broad SMARTS) is 1. The molecule has 2 aromatic rings. The van der Waals surface area contributed by atoms with E-state index in [-0.39, 0.29) is 5.56 Å². The third kappa shape index (κ3) is 2.15. The lowest BCUT2D eigenvalue weighted by atomic mass is 10.2. The Balaban J connectivity index is 2.26. The molecule has 0 fully saturated rings. The molecule has 2 aromatic heterocycles. The quantitative estimate of drug-likeness (QED) is 0.812. The van der Waals surface area contributed by atoms with Crippen LogP contribution in [0.5, 0.6) is 0 Å². The fourth-order valence-corrected chi connectivity index (χ4v) is 1.56. The molecule has 1 amide bonds. The van der Waals surface area contributed by atoms with Gasteiger partial charge < -0.3 is 10.4 Å². The Morgan fingerprint density at radius 2 is 2.33 bits per heavy atom. The number of carbonyl (C=O) groups excluding carboxylic acids is 1. The number of aliphatic carboxylic acids is 1. The van der Waals surface area contributed by atoms with E-state index >= 15 is 0 Å². The van der Waals surface area contributed by atoms with Gasteiger partial charge in [0.25, 0.3) is 5.91 Å². The Labute approximate surface area is 102 Å². The van der Waals surface area contributed by atoms with Crippen LogP contribution >= 0.6 is 0 Å². The molecule has 7 nitrogen and oxygen atoms in total. The predicted molar refractivity (Wildman–Crippen MR) is 62.2 cm³/mol. The van der Waals surface area contributed by atoms with E-state index in [2.05, 4.69) is 15.4 Å². The van der Waals surface area contributed by atoms with Gasteiger partial charge in [0.2, 0.25) is 0 Å². The zero-order valence-corrected chi connectivity index (χ0v) is 9.70. The maximum atomic E-state index is 11.9. The molecule has 2 rings (SSSR count). The molecule has 0 aromatic carbocycles. The minimum Gasteiger partial charge on any atom is -0.480 e. The maximum Gasteiger partial charge on any atom is 0.326 e. The van der Waals surface area contributed by atoms with Crippen molar-refractivity contribution in [1.82, 2.24) is 19.9 Å². The average Bonchev–Trinajstić information content (AvgIpc) is 2.79. The van der Waals surface area contributed by atoms with Crippen LogP contribution < -0.4 is 5.32 Å². The van der Waals surface area contributed by atoms with E-state index in [9.17, 15) is 9.59 Å². The minimum absolute atomic E-state index is 0.260. The summed E-state index contributed by atoms with van der Waals surface area (Å²) in [4.78, 5) is 26.8. The van der Waals surface area contributed by atoms with E-state index in [0.29, 0.717) is 12.1 Å². The molecule has 0 bridgehead atoms. The molecule has 0 aliphatic heterocycles. The third-order valence-electron chi connectivity index (χ3n) is 2.54. The molecule has 0 aliphatic carbocycles. The molecule has 0 saturated heterocycles. The van der Waals surface area contributed by atoms with Gasteiger partial charge in [-0.1, -0.05) is 6.92 Å². The van der Waals surface area contributed by atoms with Gasteiger partial charge in [-0.05, 0) is 12.5 Å². The van der Waals surface area contributed by atoms with Crippen LogP contribution in [-0.2, 0) is 4.79 Å². The topological polar surface area (TPSA) is 96.6 Å². The number of hydrogen-bond acceptors (Lipinski definition) is 4. The first kappa shape index (κ1) is 12.0. The largest absolute Gasteiger partial charge is 0.480 e. The number of hydrogen-bond donors (Lipinski definition) is 2. The summed E-state index contributed by atoms with van der Waals surface area (Å²) in [6, 6.07) is 0.782. The molecule has 0 saturated carbocycles. The summed E-state index contributed by atoms with van der Waals surface area (Å²) in [6.45, 7) is 1.69. The fraction of sp³-hybridized carbons (Fsp3) is 0.273. The van der Waals surface area contributed by atoms with Crippen LogP contribution in [0.4, 0.5) is 0 Å². The Kier molecular flexibility index (Phi) is 3.22. The summed E-state index contributed by atoms with van der Waals surface area (Å²) in [6.07, 6.45) is 4.88. The van der Waals surface area contributed by atoms with Gasteiger partial charge in [-0.3, -0.25) is 4.79 Å². The molecule has 0 aliphatic rings. The van der Waals surface area contributed by atoms with Crippen LogP contribution in [0.3, 0.4) is 0 Å². The summed E-state index contributed by atoms with van der Waals surface area (Å²) in [5.41, 5.74) is 0.658. The van der Waals surface area contributed by atoms with Crippen molar-refractivity contribution in [2.45, 2.75) is 19.4 Å². The summed E-state index contributed by atoms with van der Waals surface area (Å²) >= 11 is 0. The molecular weight excluding hydrogens is 236 g/mol. The lowest BCUT2D eigenvalue weighted by Crippen LogP contribution is -2.40. The monoisotopic (exact) mass is 248 g/mol. The molecule has 0 spiro atoms. The Morgan fingerprint density at radius 3 is 3.00 bits per heavy atom. The van der Waals surface area contributed by atoms with Crippen molar-refractivity contribution < 1.29 is 14.7 Å². The van der Waals surface area contributed by atoms with E-state index in [1.807, 2.05) is 0 Å². The standard InChI is InChI=1S/C11H12N4O3/c1-2-8(11(17)18)14-10(16)7-6-13-15-5-3-4-12-9(7)15/h3-6,8H,2H2,1H3,(H,14,16)(H,17,18). The Hall–Kier alpha value is -2.44. The van der Waals surface area contributed by atoms with Crippen LogP contribution in [0.25, 0.3) is 5.65 Å². The van der Waals surface area contributed by atoms with Gasteiger partial charge >= 0.3 is 5.97 Å². The highest BCUT2D eigenvalue weighted by molar-refractivity contribution is 6.01. The predicted octanol–water partition coefficient (Wildman–Crippen LogP) is 0.322. The number of nitrogens with zero attached hydrogens (tertiary/aromatic N) is 3. The van der Waals surface area contributed by atoms with Gasteiger partial charge in [-0.2, -0.15) is 5.10 Å². The first-order chi connectivity index (χ1) is 8.63. The van der Waals surface area contributed by atoms with Crippen molar-refractivity contribution in [3.8, 4) is 0 Å². The Morgan fingerprint density at radius 1 is 1.56 bits per heavy atom. The third-order valence-corrected chi connectivity index (χ3v) is 2.54. The molecule has 18 heavy (non-hydrogen) atoms. The normalized spacial score (nSPS) is 12.3. The molecule has 2 N–H and O–H groups in total. The highest BCUT2D eigenvalue weighted by Gasteiger charge is 2.21. The highest BCUT2D eigenvalue weighted by atomic mass is 16.4. The van der Waals surface area contributed by atoms with E-state index in [4.69, 9.17) is 5.11 Å². The molecule has 7 heteroatoms. The van der Waals surface area contributed by atoms with Crippen LogP contribution in [0.2, 0.25) is 0 Å². The summed E-state index contributed by atoms with van der Waals surface area (Å²) in [5.74, 6) is -1.55. The summed E-state index contributed by atoms with van der Waals surface area (Å²) < 4.78 is 1.45. The van der Waals surface area contributed by atoms with Crippen molar-refractivity contribution in [2.75, 3.05) is 0 Å².